The fraction of sp³-hybridized carbons (Fsp3) is 0.244. The summed E-state index contributed by atoms with van der Waals surface area (Å²) < 4.78 is 85.0. The van der Waals surface area contributed by atoms with Crippen molar-refractivity contribution in [2.24, 2.45) is 0 Å². The molecule has 3 heterocycles. The minimum absolute atomic E-state index is 0. The van der Waals surface area contributed by atoms with Crippen LogP contribution in [-0.4, -0.2) is 145 Å². The number of nitrogens with zero attached hydrogens (tertiary/aromatic N) is 5. The molecule has 0 aliphatic heterocycles. The third-order valence-corrected chi connectivity index (χ3v) is 14.6. The number of hydrogen-bond donors (Lipinski definition) is 4. The first-order valence-electron chi connectivity index (χ1n) is 20.0. The van der Waals surface area contributed by atoms with Gasteiger partial charge in [0.05, 0.1) is 28.9 Å². The average molecular weight is 1190 g/mol. The van der Waals surface area contributed by atoms with Crippen molar-refractivity contribution in [2.45, 2.75) is 29.0 Å². The van der Waals surface area contributed by atoms with Gasteiger partial charge in [-0.3, -0.25) is 9.59 Å². The maximum absolute atomic E-state index is 12.0. The Morgan fingerprint density at radius 1 is 0.630 bits per heavy atom. The molecule has 3 aromatic heterocycles. The number of H-pyrrole nitrogens is 1. The van der Waals surface area contributed by atoms with Crippen LogP contribution >= 0.6 is 15.9 Å². The predicted octanol–water partition coefficient (Wildman–Crippen LogP) is -3.04. The first-order valence-corrected chi connectivity index (χ1v) is 25.1. The number of sulfonamides is 3. The zero-order chi connectivity index (χ0) is 53.2. The molecule has 0 fully saturated rings. The largest absolute Gasteiger partial charge is 1.00 e. The summed E-state index contributed by atoms with van der Waals surface area (Å²) >= 11 is 3.24. The van der Waals surface area contributed by atoms with Gasteiger partial charge in [-0.25, -0.2) is 48.1 Å². The van der Waals surface area contributed by atoms with Crippen LogP contribution < -0.4 is 129 Å². The van der Waals surface area contributed by atoms with Gasteiger partial charge in [0.1, 0.15) is 0 Å². The Morgan fingerprint density at radius 2 is 0.959 bits per heavy atom. The molecular formula is C45H60BBrK2N6O15S3. The van der Waals surface area contributed by atoms with E-state index in [2.05, 4.69) is 35.8 Å². The van der Waals surface area contributed by atoms with Crippen LogP contribution in [0.15, 0.2) is 152 Å². The molecule has 0 radical (unpaired) electrons. The van der Waals surface area contributed by atoms with Crippen molar-refractivity contribution < 1.29 is 169 Å². The molecule has 0 saturated heterocycles. The Hall–Kier alpha value is -2.63. The standard InChI is InChI=1S/C14H16N2O3S.C13H14N2O3S.C8H10BrNO2S.C6H8BNO3.C2H6O.CH2O3.CH4.2K.H/c1-16(2)20(17,18)13-7-4-11(5-8-13)12-6-9-14(19-3)15-10-12;1-15(2)19(17,18)12-6-3-10(4-7-12)11-5-8-13(16)14-9-11;1-10(2)13(11,12)8-5-3-7(9)4-6-8;1-11-6-3-2-5(4-8-6)7(9)10;1-2-3;2-1-4-3;;;;/h4-10H,1-3H3;3-9H,1-2H3,(H,14,16);3-6H,1-2H3;2-4,9-10H,1H3;3H,2H2,1H3;1,3H;1H4;;;/q;;;;;;;2*+1;-1/p-1. The van der Waals surface area contributed by atoms with E-state index in [1.807, 2.05) is 6.07 Å². The first-order chi connectivity index (χ1) is 32.9. The van der Waals surface area contributed by atoms with E-state index in [-0.39, 0.29) is 140 Å². The molecule has 0 atom stereocenters. The molecule has 28 heteroatoms. The van der Waals surface area contributed by atoms with E-state index in [1.165, 1.54) is 80.6 Å². The minimum atomic E-state index is -3.41. The maximum Gasteiger partial charge on any atom is 1.00 e. The summed E-state index contributed by atoms with van der Waals surface area (Å²) in [7, 11) is 0.541. The number of rotatable bonds is 12. The number of methoxy groups -OCH3 is 2. The van der Waals surface area contributed by atoms with Crippen LogP contribution in [-0.2, 0) is 39.8 Å². The van der Waals surface area contributed by atoms with Crippen LogP contribution in [0, 0.1) is 0 Å². The van der Waals surface area contributed by atoms with Crippen molar-refractivity contribution in [1.82, 2.24) is 27.9 Å². The monoisotopic (exact) mass is 1190 g/mol. The zero-order valence-corrected chi connectivity index (χ0v) is 51.8. The van der Waals surface area contributed by atoms with E-state index in [9.17, 15) is 30.0 Å². The van der Waals surface area contributed by atoms with E-state index in [4.69, 9.17) is 34.7 Å². The molecule has 0 aliphatic rings. The number of ether oxygens (including phenoxy) is 2. The van der Waals surface area contributed by atoms with Gasteiger partial charge in [0, 0.05) is 95.1 Å². The van der Waals surface area contributed by atoms with Crippen LogP contribution in [0.4, 0.5) is 0 Å². The van der Waals surface area contributed by atoms with Crippen molar-refractivity contribution in [1.29, 1.82) is 0 Å². The second-order valence-corrected chi connectivity index (χ2v) is 21.3. The molecule has 0 saturated carbocycles. The van der Waals surface area contributed by atoms with Crippen molar-refractivity contribution in [3.63, 3.8) is 0 Å². The number of pyridine rings is 3. The Kier molecular flexibility index (Phi) is 38.8. The predicted molar refractivity (Wildman–Crippen MR) is 274 cm³/mol. The SMILES string of the molecule is C.CCO.CN(C)S(=O)(=O)c1ccc(-c2ccc(=O)[nH]c2)cc1.CN(C)S(=O)(=O)c1ccc(Br)cc1.COc1ccc(-c2ccc(S(=O)(=O)N(C)C)cc2)cn1.COc1ccc(B(O)O)cn1.O=CO[O-].[H-].[K+].[K+]. The molecule has 0 aliphatic carbocycles. The van der Waals surface area contributed by atoms with Crippen molar-refractivity contribution in [3.05, 3.63) is 143 Å². The molecule has 73 heavy (non-hydrogen) atoms. The minimum Gasteiger partial charge on any atom is -1.00 e. The zero-order valence-electron chi connectivity index (χ0n) is 42.6. The number of aromatic amines is 1. The Balaban J connectivity index is -0.000000424. The normalized spacial score (nSPS) is 10.3. The van der Waals surface area contributed by atoms with Gasteiger partial charge in [-0.05, 0) is 90.3 Å². The van der Waals surface area contributed by atoms with Crippen LogP contribution in [0.25, 0.3) is 22.3 Å². The summed E-state index contributed by atoms with van der Waals surface area (Å²) in [5.41, 5.74) is 3.65. The number of carbonyl (C=O) groups is 1. The number of hydrogen-bond acceptors (Lipinski definition) is 17. The number of carbonyl (C=O) groups excluding carboxylic acids is 1. The van der Waals surface area contributed by atoms with Gasteiger partial charge < -0.3 is 41.2 Å². The van der Waals surface area contributed by atoms with Gasteiger partial charge in [-0.15, -0.1) is 0 Å². The van der Waals surface area contributed by atoms with E-state index in [1.54, 1.807) is 117 Å². The Labute approximate surface area is 523 Å². The second-order valence-electron chi connectivity index (χ2n) is 13.9. The van der Waals surface area contributed by atoms with E-state index in [0.717, 1.165) is 26.7 Å². The van der Waals surface area contributed by atoms with Gasteiger partial charge >= 0.3 is 110 Å². The summed E-state index contributed by atoms with van der Waals surface area (Å²) in [5.74, 6) is 0.995. The van der Waals surface area contributed by atoms with Crippen LogP contribution in [0.3, 0.4) is 0 Å². The summed E-state index contributed by atoms with van der Waals surface area (Å²) in [6.07, 6.45) is 4.63. The molecule has 0 bridgehead atoms. The molecule has 3 aromatic carbocycles. The molecular weight excluding hydrogens is 1130 g/mol. The third-order valence-electron chi connectivity index (χ3n) is 8.56. The van der Waals surface area contributed by atoms with Gasteiger partial charge in [-0.1, -0.05) is 53.7 Å². The molecule has 6 rings (SSSR count). The van der Waals surface area contributed by atoms with E-state index in [0.29, 0.717) is 22.1 Å². The summed E-state index contributed by atoms with van der Waals surface area (Å²) in [5, 5.41) is 33.3. The fourth-order valence-electron chi connectivity index (χ4n) is 4.80. The van der Waals surface area contributed by atoms with E-state index >= 15 is 0 Å². The third kappa shape index (κ3) is 25.8. The second kappa shape index (κ2) is 38.0. The van der Waals surface area contributed by atoms with Crippen molar-refractivity contribution in [3.8, 4) is 34.0 Å². The fourth-order valence-corrected chi connectivity index (χ4v) is 7.77. The van der Waals surface area contributed by atoms with Crippen LogP contribution in [0.5, 0.6) is 11.8 Å². The number of aliphatic hydroxyl groups is 1. The number of halogens is 1. The first kappa shape index (κ1) is 74.6. The van der Waals surface area contributed by atoms with E-state index < -0.39 is 37.2 Å². The molecule has 0 unspecified atom stereocenters. The molecule has 0 spiro atoms. The number of nitrogens with one attached hydrogen (secondary N) is 1. The maximum atomic E-state index is 12.0. The molecule has 4 N–H and O–H groups in total. The van der Waals surface area contributed by atoms with Gasteiger partial charge in [0.25, 0.3) is 6.47 Å². The molecule has 390 valence electrons. The summed E-state index contributed by atoms with van der Waals surface area (Å²) in [6, 6.07) is 29.6. The molecule has 21 nitrogen and oxygen atoms in total. The smallest absolute Gasteiger partial charge is 1.00 e. The Bertz CT molecular complexity index is 2860. The Morgan fingerprint density at radius 3 is 1.23 bits per heavy atom. The number of benzene rings is 3. The number of aliphatic hydroxyl groups excluding tert-OH is 1. The van der Waals surface area contributed by atoms with Gasteiger partial charge in [0.2, 0.25) is 47.4 Å². The molecule has 0 amide bonds. The summed E-state index contributed by atoms with van der Waals surface area (Å²) in [6.45, 7) is 1.75. The van der Waals surface area contributed by atoms with Crippen molar-refractivity contribution >= 4 is 65.1 Å². The topological polar surface area (TPSA) is 299 Å². The van der Waals surface area contributed by atoms with Crippen molar-refractivity contribution in [2.75, 3.05) is 63.1 Å². The van der Waals surface area contributed by atoms with Gasteiger partial charge in [-0.2, -0.15) is 0 Å². The van der Waals surface area contributed by atoms with Gasteiger partial charge in [0.15, 0.2) is 0 Å². The average Bonchev–Trinajstić information content (AvgIpc) is 3.35. The summed E-state index contributed by atoms with van der Waals surface area (Å²) in [4.78, 5) is 33.5. The van der Waals surface area contributed by atoms with Crippen LogP contribution in [0.2, 0.25) is 0 Å². The van der Waals surface area contributed by atoms with Crippen LogP contribution in [0.1, 0.15) is 15.8 Å². The quantitative estimate of drug-likeness (QED) is 0.0410. The number of aromatic nitrogens is 3. The molecule has 6 aromatic rings.